The van der Waals surface area contributed by atoms with Crippen molar-refractivity contribution in [2.75, 3.05) is 32.9 Å². The van der Waals surface area contributed by atoms with Crippen molar-refractivity contribution in [3.63, 3.8) is 0 Å². The molecule has 1 N–H and O–H groups in total. The number of aliphatic carboxylic acids is 1. The van der Waals surface area contributed by atoms with Crippen LogP contribution in [0, 0.1) is 11.6 Å². The average Bonchev–Trinajstić information content (AvgIpc) is 2.92. The van der Waals surface area contributed by atoms with Crippen molar-refractivity contribution in [3.05, 3.63) is 90.0 Å². The van der Waals surface area contributed by atoms with Crippen LogP contribution in [0.3, 0.4) is 0 Å². The zero-order valence-electron chi connectivity index (χ0n) is 21.6. The molecule has 3 rings (SSSR count). The van der Waals surface area contributed by atoms with E-state index in [1.54, 1.807) is 31.2 Å². The number of benzene rings is 3. The van der Waals surface area contributed by atoms with E-state index in [1.165, 1.54) is 4.90 Å². The highest BCUT2D eigenvalue weighted by Gasteiger charge is 2.19. The topological polar surface area (TPSA) is 94.5 Å². The molecule has 10 heteroatoms. The van der Waals surface area contributed by atoms with E-state index in [1.807, 2.05) is 30.3 Å². The summed E-state index contributed by atoms with van der Waals surface area (Å²) in [6, 6.07) is 18.8. The number of carbonyl (C=O) groups excluding carboxylic acids is 1. The Morgan fingerprint density at radius 1 is 0.897 bits per heavy atom. The highest BCUT2D eigenvalue weighted by molar-refractivity contribution is 5.72. The standard InChI is InChI=1S/C29H31F2NO7/c1-2-36-27(28(33)34)19-21-9-12-24(13-10-21)38-18-16-32(15-6-17-37-23-7-4-3-5-8-23)29(35)39-26-14-11-22(30)20-25(26)31/h3-5,7-14,20,27H,2,6,15-19H2,1H3,(H,33,34). The molecule has 0 bridgehead atoms. The number of carboxylic acids is 1. The fourth-order valence-electron chi connectivity index (χ4n) is 3.60. The van der Waals surface area contributed by atoms with Crippen molar-refractivity contribution in [3.8, 4) is 17.2 Å². The van der Waals surface area contributed by atoms with Gasteiger partial charge in [-0.15, -0.1) is 0 Å². The number of halogens is 2. The Kier molecular flexibility index (Phi) is 11.5. The third-order valence-corrected chi connectivity index (χ3v) is 5.55. The number of hydrogen-bond donors (Lipinski definition) is 1. The number of para-hydroxylation sites is 1. The number of rotatable bonds is 15. The molecule has 1 atom stereocenters. The Morgan fingerprint density at radius 3 is 2.26 bits per heavy atom. The lowest BCUT2D eigenvalue weighted by atomic mass is 10.1. The maximum absolute atomic E-state index is 14.0. The number of nitrogens with zero attached hydrogens (tertiary/aromatic N) is 1. The van der Waals surface area contributed by atoms with E-state index in [0.29, 0.717) is 37.2 Å². The van der Waals surface area contributed by atoms with Gasteiger partial charge >= 0.3 is 12.1 Å². The molecule has 0 fully saturated rings. The molecule has 0 heterocycles. The third kappa shape index (κ3) is 9.90. The Balaban J connectivity index is 1.56. The Labute approximate surface area is 225 Å². The van der Waals surface area contributed by atoms with Gasteiger partial charge in [-0.2, -0.15) is 0 Å². The Bertz CT molecular complexity index is 1190. The third-order valence-electron chi connectivity index (χ3n) is 5.55. The number of carboxylic acid groups (broad SMARTS) is 1. The van der Waals surface area contributed by atoms with E-state index in [2.05, 4.69) is 0 Å². The van der Waals surface area contributed by atoms with Gasteiger partial charge in [0.15, 0.2) is 17.7 Å². The van der Waals surface area contributed by atoms with Gasteiger partial charge in [0.05, 0.1) is 13.2 Å². The van der Waals surface area contributed by atoms with Crippen molar-refractivity contribution >= 4 is 12.1 Å². The SMILES string of the molecule is CCOC(Cc1ccc(OCCN(CCCOc2ccccc2)C(=O)Oc2ccc(F)cc2F)cc1)C(=O)O. The normalized spacial score (nSPS) is 11.5. The summed E-state index contributed by atoms with van der Waals surface area (Å²) in [5.41, 5.74) is 0.771. The van der Waals surface area contributed by atoms with Gasteiger partial charge in [0.2, 0.25) is 0 Å². The van der Waals surface area contributed by atoms with E-state index in [0.717, 1.165) is 17.7 Å². The van der Waals surface area contributed by atoms with E-state index < -0.39 is 29.8 Å². The highest BCUT2D eigenvalue weighted by atomic mass is 19.1. The highest BCUT2D eigenvalue weighted by Crippen LogP contribution is 2.19. The van der Waals surface area contributed by atoms with Crippen molar-refractivity contribution in [2.45, 2.75) is 25.9 Å². The van der Waals surface area contributed by atoms with Crippen LogP contribution in [0.2, 0.25) is 0 Å². The van der Waals surface area contributed by atoms with E-state index in [4.69, 9.17) is 18.9 Å². The number of carbonyl (C=O) groups is 2. The summed E-state index contributed by atoms with van der Waals surface area (Å²) >= 11 is 0. The van der Waals surface area contributed by atoms with E-state index in [-0.39, 0.29) is 31.9 Å². The fraction of sp³-hybridized carbons (Fsp3) is 0.310. The molecule has 3 aromatic rings. The van der Waals surface area contributed by atoms with Crippen LogP contribution >= 0.6 is 0 Å². The molecule has 0 saturated heterocycles. The van der Waals surface area contributed by atoms with Gasteiger partial charge in [0.25, 0.3) is 0 Å². The molecular weight excluding hydrogens is 512 g/mol. The van der Waals surface area contributed by atoms with Crippen molar-refractivity contribution in [1.29, 1.82) is 0 Å². The quantitative estimate of drug-likeness (QED) is 0.259. The monoisotopic (exact) mass is 543 g/mol. The first-order valence-corrected chi connectivity index (χ1v) is 12.5. The second kappa shape index (κ2) is 15.3. The molecular formula is C29H31F2NO7. The number of hydrogen-bond acceptors (Lipinski definition) is 6. The van der Waals surface area contributed by atoms with Crippen LogP contribution in [0.15, 0.2) is 72.8 Å². The molecule has 0 aromatic heterocycles. The number of amides is 1. The maximum atomic E-state index is 14.0. The molecule has 1 amide bonds. The Morgan fingerprint density at radius 2 is 1.59 bits per heavy atom. The summed E-state index contributed by atoms with van der Waals surface area (Å²) in [7, 11) is 0. The van der Waals surface area contributed by atoms with Crippen molar-refractivity contribution < 1.29 is 42.4 Å². The summed E-state index contributed by atoms with van der Waals surface area (Å²) in [6.07, 6.45) is -1.06. The van der Waals surface area contributed by atoms with Crippen LogP contribution in [0.4, 0.5) is 13.6 Å². The maximum Gasteiger partial charge on any atom is 0.415 e. The first kappa shape index (κ1) is 29.4. The molecule has 0 aliphatic heterocycles. The zero-order chi connectivity index (χ0) is 28.0. The lowest BCUT2D eigenvalue weighted by molar-refractivity contribution is -0.149. The van der Waals surface area contributed by atoms with Gasteiger partial charge < -0.3 is 29.0 Å². The van der Waals surface area contributed by atoms with Crippen LogP contribution in [0.25, 0.3) is 0 Å². The van der Waals surface area contributed by atoms with Gasteiger partial charge in [-0.25, -0.2) is 18.4 Å². The molecule has 39 heavy (non-hydrogen) atoms. The predicted octanol–water partition coefficient (Wildman–Crippen LogP) is 5.35. The molecule has 0 aliphatic rings. The van der Waals surface area contributed by atoms with Gasteiger partial charge in [-0.1, -0.05) is 30.3 Å². The first-order chi connectivity index (χ1) is 18.9. The minimum Gasteiger partial charge on any atom is -0.494 e. The van der Waals surface area contributed by atoms with Crippen LogP contribution in [-0.2, 0) is 16.0 Å². The summed E-state index contributed by atoms with van der Waals surface area (Å²) in [5.74, 6) is -1.96. The van der Waals surface area contributed by atoms with Gasteiger partial charge in [-0.05, 0) is 55.3 Å². The molecule has 3 aromatic carbocycles. The van der Waals surface area contributed by atoms with Crippen LogP contribution in [0.1, 0.15) is 18.9 Å². The van der Waals surface area contributed by atoms with Crippen molar-refractivity contribution in [1.82, 2.24) is 4.90 Å². The molecule has 1 unspecified atom stereocenters. The molecule has 0 radical (unpaired) electrons. The van der Waals surface area contributed by atoms with E-state index in [9.17, 15) is 23.5 Å². The summed E-state index contributed by atoms with van der Waals surface area (Å²) in [6.45, 7) is 2.84. The summed E-state index contributed by atoms with van der Waals surface area (Å²) in [5, 5.41) is 9.25. The minimum absolute atomic E-state index is 0.108. The molecule has 0 spiro atoms. The van der Waals surface area contributed by atoms with Crippen LogP contribution < -0.4 is 14.2 Å². The minimum atomic E-state index is -1.03. The first-order valence-electron chi connectivity index (χ1n) is 12.5. The lowest BCUT2D eigenvalue weighted by Gasteiger charge is -2.22. The molecule has 0 aliphatic carbocycles. The van der Waals surface area contributed by atoms with Gasteiger partial charge in [0, 0.05) is 25.6 Å². The largest absolute Gasteiger partial charge is 0.494 e. The summed E-state index contributed by atoms with van der Waals surface area (Å²) < 4.78 is 49.1. The van der Waals surface area contributed by atoms with E-state index >= 15 is 0 Å². The fourth-order valence-corrected chi connectivity index (χ4v) is 3.60. The van der Waals surface area contributed by atoms with Crippen LogP contribution in [-0.4, -0.2) is 61.1 Å². The predicted molar refractivity (Wildman–Crippen MR) is 139 cm³/mol. The van der Waals surface area contributed by atoms with Crippen molar-refractivity contribution in [2.24, 2.45) is 0 Å². The van der Waals surface area contributed by atoms with Crippen LogP contribution in [0.5, 0.6) is 17.2 Å². The Hall–Kier alpha value is -4.18. The second-order valence-electron chi connectivity index (χ2n) is 8.42. The smallest absolute Gasteiger partial charge is 0.415 e. The molecule has 8 nitrogen and oxygen atoms in total. The lowest BCUT2D eigenvalue weighted by Crippen LogP contribution is -2.38. The number of ether oxygens (including phenoxy) is 4. The van der Waals surface area contributed by atoms with Gasteiger partial charge in [0.1, 0.15) is 23.9 Å². The zero-order valence-corrected chi connectivity index (χ0v) is 21.6. The molecule has 208 valence electrons. The van der Waals surface area contributed by atoms with Gasteiger partial charge in [-0.3, -0.25) is 0 Å². The summed E-state index contributed by atoms with van der Waals surface area (Å²) in [4.78, 5) is 25.5. The molecule has 0 saturated carbocycles. The second-order valence-corrected chi connectivity index (χ2v) is 8.42. The average molecular weight is 544 g/mol.